The molecule has 2 N–H and O–H groups in total. The highest BCUT2D eigenvalue weighted by atomic mass is 35.5. The van der Waals surface area contributed by atoms with Gasteiger partial charge in [0.1, 0.15) is 5.69 Å². The number of nitrogens with zero attached hydrogens (tertiary/aromatic N) is 2. The molecule has 2 rings (SSSR count). The summed E-state index contributed by atoms with van der Waals surface area (Å²) in [7, 11) is 0. The predicted molar refractivity (Wildman–Crippen MR) is 71.0 cm³/mol. The molecule has 0 aliphatic heterocycles. The molecule has 0 amide bonds. The Morgan fingerprint density at radius 2 is 2.00 bits per heavy atom. The highest BCUT2D eigenvalue weighted by Gasteiger charge is 1.99. The molecule has 0 fully saturated rings. The van der Waals surface area contributed by atoms with Crippen LogP contribution in [0.1, 0.15) is 11.3 Å². The number of hydrogen-bond donors (Lipinski definition) is 2. The fraction of sp³-hybridized carbons (Fsp3) is 0.250. The number of nitrogens with one attached hydrogen (secondary N) is 2. The van der Waals surface area contributed by atoms with Crippen LogP contribution in [0.4, 0.5) is 5.95 Å². The molecule has 0 saturated heterocycles. The smallest absolute Gasteiger partial charge is 0.273 e. The largest absolute Gasteiger partial charge is 0.354 e. The Kier molecular flexibility index (Phi) is 3.94. The minimum atomic E-state index is -0.223. The summed E-state index contributed by atoms with van der Waals surface area (Å²) in [5, 5.41) is 11.3. The van der Waals surface area contributed by atoms with Gasteiger partial charge >= 0.3 is 0 Å². The number of aromatic amines is 1. The molecule has 0 aliphatic rings. The second-order valence-corrected chi connectivity index (χ2v) is 4.33. The summed E-state index contributed by atoms with van der Waals surface area (Å²) in [6, 6.07) is 7.63. The highest BCUT2D eigenvalue weighted by Crippen LogP contribution is 2.09. The van der Waals surface area contributed by atoms with Crippen LogP contribution in [0.2, 0.25) is 5.02 Å². The van der Waals surface area contributed by atoms with Crippen molar-refractivity contribution in [1.82, 2.24) is 15.2 Å². The molecule has 0 radical (unpaired) electrons. The fourth-order valence-corrected chi connectivity index (χ4v) is 1.58. The quantitative estimate of drug-likeness (QED) is 0.883. The Balaban J connectivity index is 1.90. The van der Waals surface area contributed by atoms with E-state index in [1.54, 1.807) is 6.92 Å². The molecule has 2 aromatic rings. The molecule has 5 nitrogen and oxygen atoms in total. The number of benzene rings is 1. The van der Waals surface area contributed by atoms with Crippen LogP contribution in [0.3, 0.4) is 0 Å². The van der Waals surface area contributed by atoms with Crippen molar-refractivity contribution in [2.45, 2.75) is 13.3 Å². The lowest BCUT2D eigenvalue weighted by atomic mass is 10.1. The van der Waals surface area contributed by atoms with E-state index in [-0.39, 0.29) is 5.56 Å². The molecule has 0 atom stereocenters. The van der Waals surface area contributed by atoms with Crippen LogP contribution in [0.15, 0.2) is 29.1 Å². The number of H-pyrrole nitrogens is 1. The molecule has 1 aromatic carbocycles. The van der Waals surface area contributed by atoms with Crippen LogP contribution in [0.5, 0.6) is 0 Å². The van der Waals surface area contributed by atoms with Gasteiger partial charge in [0, 0.05) is 11.6 Å². The zero-order chi connectivity index (χ0) is 13.0. The Bertz CT molecular complexity index is 579. The predicted octanol–water partition coefficient (Wildman–Crippen LogP) is 1.78. The summed E-state index contributed by atoms with van der Waals surface area (Å²) < 4.78 is 0. The lowest BCUT2D eigenvalue weighted by Gasteiger charge is -2.04. The van der Waals surface area contributed by atoms with Crippen LogP contribution < -0.4 is 10.9 Å². The first kappa shape index (κ1) is 12.6. The highest BCUT2D eigenvalue weighted by molar-refractivity contribution is 6.30. The van der Waals surface area contributed by atoms with Gasteiger partial charge in [0.15, 0.2) is 0 Å². The van der Waals surface area contributed by atoms with E-state index in [0.717, 1.165) is 17.0 Å². The monoisotopic (exact) mass is 264 g/mol. The van der Waals surface area contributed by atoms with Gasteiger partial charge in [0.2, 0.25) is 5.95 Å². The summed E-state index contributed by atoms with van der Waals surface area (Å²) in [4.78, 5) is 13.9. The van der Waals surface area contributed by atoms with E-state index in [4.69, 9.17) is 11.6 Å². The van der Waals surface area contributed by atoms with Crippen molar-refractivity contribution >= 4 is 17.5 Å². The Labute approximate surface area is 109 Å². The molecule has 0 spiro atoms. The average Bonchev–Trinajstić information content (AvgIpc) is 2.36. The number of aromatic nitrogens is 3. The molecular formula is C12H13ClN4O. The van der Waals surface area contributed by atoms with E-state index in [1.807, 2.05) is 24.3 Å². The van der Waals surface area contributed by atoms with E-state index in [1.165, 1.54) is 0 Å². The van der Waals surface area contributed by atoms with Gasteiger partial charge in [-0.3, -0.25) is 9.78 Å². The summed E-state index contributed by atoms with van der Waals surface area (Å²) in [6.45, 7) is 2.28. The molecule has 6 heteroatoms. The number of halogens is 1. The molecule has 94 valence electrons. The summed E-state index contributed by atoms with van der Waals surface area (Å²) >= 11 is 5.80. The van der Waals surface area contributed by atoms with Crippen molar-refractivity contribution < 1.29 is 0 Å². The van der Waals surface area contributed by atoms with Crippen molar-refractivity contribution in [1.29, 1.82) is 0 Å². The first-order valence-corrected chi connectivity index (χ1v) is 5.95. The molecule has 18 heavy (non-hydrogen) atoms. The van der Waals surface area contributed by atoms with Gasteiger partial charge < -0.3 is 5.32 Å². The standard InChI is InChI=1S/C12H13ClN4O/c1-8-11(18)15-12(17-16-8)14-7-6-9-2-4-10(13)5-3-9/h2-5H,6-7H2,1H3,(H2,14,15,17,18). The maximum Gasteiger partial charge on any atom is 0.273 e. The Morgan fingerprint density at radius 1 is 1.28 bits per heavy atom. The van der Waals surface area contributed by atoms with Gasteiger partial charge in [0.25, 0.3) is 5.56 Å². The van der Waals surface area contributed by atoms with Crippen molar-refractivity contribution in [3.05, 3.63) is 50.9 Å². The maximum absolute atomic E-state index is 11.3. The Hall–Kier alpha value is -1.88. The molecule has 1 heterocycles. The van der Waals surface area contributed by atoms with Gasteiger partial charge in [0.05, 0.1) is 0 Å². The molecule has 0 aliphatic carbocycles. The van der Waals surface area contributed by atoms with Crippen molar-refractivity contribution in [3.63, 3.8) is 0 Å². The fourth-order valence-electron chi connectivity index (χ4n) is 1.45. The maximum atomic E-state index is 11.3. The summed E-state index contributed by atoms with van der Waals surface area (Å²) in [5.41, 5.74) is 1.30. The lowest BCUT2D eigenvalue weighted by molar-refractivity contribution is 0.880. The van der Waals surface area contributed by atoms with Crippen LogP contribution in [0.25, 0.3) is 0 Å². The normalized spacial score (nSPS) is 10.3. The third-order valence-electron chi connectivity index (χ3n) is 2.48. The van der Waals surface area contributed by atoms with E-state index in [0.29, 0.717) is 18.2 Å². The number of rotatable bonds is 4. The zero-order valence-electron chi connectivity index (χ0n) is 9.90. The third kappa shape index (κ3) is 3.30. The second kappa shape index (κ2) is 5.64. The number of anilines is 1. The van der Waals surface area contributed by atoms with Crippen LogP contribution >= 0.6 is 11.6 Å². The van der Waals surface area contributed by atoms with Crippen molar-refractivity contribution in [2.24, 2.45) is 0 Å². The van der Waals surface area contributed by atoms with E-state index in [9.17, 15) is 4.79 Å². The topological polar surface area (TPSA) is 70.7 Å². The van der Waals surface area contributed by atoms with Crippen LogP contribution in [0, 0.1) is 6.92 Å². The van der Waals surface area contributed by atoms with E-state index in [2.05, 4.69) is 20.5 Å². The molecule has 0 saturated carbocycles. The number of hydrogen-bond acceptors (Lipinski definition) is 4. The molecular weight excluding hydrogens is 252 g/mol. The first-order chi connectivity index (χ1) is 8.65. The summed E-state index contributed by atoms with van der Waals surface area (Å²) in [5.74, 6) is 0.388. The number of aryl methyl sites for hydroxylation is 1. The van der Waals surface area contributed by atoms with Crippen LogP contribution in [-0.2, 0) is 6.42 Å². The van der Waals surface area contributed by atoms with Crippen molar-refractivity contribution in [2.75, 3.05) is 11.9 Å². The van der Waals surface area contributed by atoms with Gasteiger partial charge in [-0.05, 0) is 31.0 Å². The minimum Gasteiger partial charge on any atom is -0.354 e. The summed E-state index contributed by atoms with van der Waals surface area (Å²) in [6.07, 6.45) is 0.814. The second-order valence-electron chi connectivity index (χ2n) is 3.89. The molecule has 0 unspecified atom stereocenters. The van der Waals surface area contributed by atoms with E-state index < -0.39 is 0 Å². The average molecular weight is 265 g/mol. The van der Waals surface area contributed by atoms with E-state index >= 15 is 0 Å². The van der Waals surface area contributed by atoms with Gasteiger partial charge in [-0.2, -0.15) is 0 Å². The molecule has 0 bridgehead atoms. The Morgan fingerprint density at radius 3 is 2.67 bits per heavy atom. The SMILES string of the molecule is Cc1nnc(NCCc2ccc(Cl)cc2)[nH]c1=O. The van der Waals surface area contributed by atoms with Gasteiger partial charge in [-0.15, -0.1) is 10.2 Å². The van der Waals surface area contributed by atoms with Gasteiger partial charge in [-0.1, -0.05) is 23.7 Å². The lowest BCUT2D eigenvalue weighted by Crippen LogP contribution is -2.18. The third-order valence-corrected chi connectivity index (χ3v) is 2.73. The molecule has 1 aromatic heterocycles. The van der Waals surface area contributed by atoms with Crippen LogP contribution in [-0.4, -0.2) is 21.7 Å². The van der Waals surface area contributed by atoms with Crippen molar-refractivity contribution in [3.8, 4) is 0 Å². The minimum absolute atomic E-state index is 0.223. The zero-order valence-corrected chi connectivity index (χ0v) is 10.7. The first-order valence-electron chi connectivity index (χ1n) is 5.57. The van der Waals surface area contributed by atoms with Gasteiger partial charge in [-0.25, -0.2) is 0 Å².